The average molecular weight is 488 g/mol. The minimum atomic E-state index is -4.19. The first kappa shape index (κ1) is 24.8. The molecular weight excluding hydrogens is 460 g/mol. The van der Waals surface area contributed by atoms with Crippen LogP contribution in [0.5, 0.6) is 5.75 Å². The second-order valence-electron chi connectivity index (χ2n) is 5.76. The lowest BCUT2D eigenvalue weighted by atomic mass is 10.2. The lowest BCUT2D eigenvalue weighted by molar-refractivity contribution is -0.142. The van der Waals surface area contributed by atoms with Crippen molar-refractivity contribution in [3.05, 3.63) is 29.8 Å². The molecule has 0 saturated carbocycles. The highest BCUT2D eigenvalue weighted by atomic mass is 127. The van der Waals surface area contributed by atoms with Gasteiger partial charge < -0.3 is 15.0 Å². The first-order valence-corrected chi connectivity index (χ1v) is 8.13. The van der Waals surface area contributed by atoms with Crippen molar-refractivity contribution in [3.63, 3.8) is 0 Å². The van der Waals surface area contributed by atoms with E-state index in [0.29, 0.717) is 19.0 Å². The minimum absolute atomic E-state index is 0. The summed E-state index contributed by atoms with van der Waals surface area (Å²) in [4.78, 5) is 7.55. The summed E-state index contributed by atoms with van der Waals surface area (Å²) < 4.78 is 42.4. The van der Waals surface area contributed by atoms with Crippen molar-refractivity contribution in [3.8, 4) is 5.75 Å². The number of hydrogen-bond donors (Lipinski definition) is 1. The molecule has 26 heavy (non-hydrogen) atoms. The molecule has 1 aromatic rings. The molecule has 1 aromatic carbocycles. The molecule has 0 aliphatic carbocycles. The number of aliphatic imine (C=N–C) groups is 1. The average Bonchev–Trinajstić information content (AvgIpc) is 2.52. The van der Waals surface area contributed by atoms with Crippen molar-refractivity contribution < 1.29 is 17.9 Å². The summed E-state index contributed by atoms with van der Waals surface area (Å²) in [5.41, 5.74) is 1.01. The summed E-state index contributed by atoms with van der Waals surface area (Å²) in [6, 6.07) is 7.69. The molecular formula is C17H28F3IN4O. The van der Waals surface area contributed by atoms with Crippen LogP contribution >= 0.6 is 24.0 Å². The fourth-order valence-corrected chi connectivity index (χ4v) is 2.35. The van der Waals surface area contributed by atoms with Crippen molar-refractivity contribution in [2.75, 3.05) is 47.4 Å². The Kier molecular flexibility index (Phi) is 11.6. The fourth-order valence-electron chi connectivity index (χ4n) is 2.35. The number of nitrogens with one attached hydrogen (secondary N) is 1. The van der Waals surface area contributed by atoms with E-state index in [2.05, 4.69) is 10.3 Å². The van der Waals surface area contributed by atoms with Gasteiger partial charge in [-0.3, -0.25) is 9.89 Å². The number of halogens is 4. The van der Waals surface area contributed by atoms with Gasteiger partial charge in [0.25, 0.3) is 0 Å². The zero-order chi connectivity index (χ0) is 18.9. The van der Waals surface area contributed by atoms with Gasteiger partial charge in [-0.15, -0.1) is 24.0 Å². The molecule has 0 saturated heterocycles. The second-order valence-corrected chi connectivity index (χ2v) is 5.76. The molecule has 0 amide bonds. The first-order chi connectivity index (χ1) is 11.8. The maximum atomic E-state index is 12.3. The molecule has 1 rings (SSSR count). The maximum absolute atomic E-state index is 12.3. The Bertz CT molecular complexity index is 555. The third-order valence-corrected chi connectivity index (χ3v) is 3.49. The van der Waals surface area contributed by atoms with E-state index in [-0.39, 0.29) is 37.1 Å². The predicted octanol–water partition coefficient (Wildman–Crippen LogP) is 3.20. The number of rotatable bonds is 8. The Labute approximate surface area is 170 Å². The van der Waals surface area contributed by atoms with E-state index in [0.717, 1.165) is 11.3 Å². The van der Waals surface area contributed by atoms with Gasteiger partial charge in [-0.2, -0.15) is 13.2 Å². The predicted molar refractivity (Wildman–Crippen MR) is 109 cm³/mol. The molecule has 0 atom stereocenters. The van der Waals surface area contributed by atoms with Crippen molar-refractivity contribution in [1.82, 2.24) is 15.1 Å². The van der Waals surface area contributed by atoms with E-state index in [1.807, 2.05) is 43.1 Å². The lowest BCUT2D eigenvalue weighted by Crippen LogP contribution is -2.39. The van der Waals surface area contributed by atoms with Crippen LogP contribution in [0.3, 0.4) is 0 Å². The maximum Gasteiger partial charge on any atom is 0.401 e. The number of guanidine groups is 1. The van der Waals surface area contributed by atoms with Crippen molar-refractivity contribution in [2.45, 2.75) is 19.6 Å². The number of alkyl halides is 3. The summed E-state index contributed by atoms with van der Waals surface area (Å²) in [5, 5.41) is 3.16. The van der Waals surface area contributed by atoms with E-state index < -0.39 is 12.7 Å². The molecule has 0 heterocycles. The number of para-hydroxylation sites is 1. The van der Waals surface area contributed by atoms with Gasteiger partial charge in [-0.05, 0) is 20.0 Å². The van der Waals surface area contributed by atoms with Gasteiger partial charge in [0.05, 0.1) is 20.2 Å². The van der Waals surface area contributed by atoms with Crippen LogP contribution in [0.1, 0.15) is 12.5 Å². The molecule has 9 heteroatoms. The highest BCUT2D eigenvalue weighted by Crippen LogP contribution is 2.18. The third kappa shape index (κ3) is 9.46. The number of ether oxygens (including phenoxy) is 1. The van der Waals surface area contributed by atoms with Crippen molar-refractivity contribution in [2.24, 2.45) is 4.99 Å². The molecule has 0 aromatic heterocycles. The minimum Gasteiger partial charge on any atom is -0.496 e. The summed E-state index contributed by atoms with van der Waals surface area (Å²) in [6.45, 7) is 2.78. The van der Waals surface area contributed by atoms with Crippen LogP contribution in [0.15, 0.2) is 29.3 Å². The third-order valence-electron chi connectivity index (χ3n) is 3.49. The number of likely N-dealkylation sites (N-methyl/N-ethyl adjacent to an activating group) is 1. The second kappa shape index (κ2) is 12.2. The molecule has 1 N–H and O–H groups in total. The topological polar surface area (TPSA) is 40.1 Å². The molecule has 0 radical (unpaired) electrons. The molecule has 0 unspecified atom stereocenters. The van der Waals surface area contributed by atoms with E-state index >= 15 is 0 Å². The molecule has 0 spiro atoms. The van der Waals surface area contributed by atoms with E-state index in [9.17, 15) is 13.2 Å². The van der Waals surface area contributed by atoms with Crippen LogP contribution in [-0.4, -0.2) is 69.3 Å². The van der Waals surface area contributed by atoms with Crippen LogP contribution in [0.2, 0.25) is 0 Å². The highest BCUT2D eigenvalue weighted by molar-refractivity contribution is 14.0. The van der Waals surface area contributed by atoms with Crippen LogP contribution in [-0.2, 0) is 6.54 Å². The van der Waals surface area contributed by atoms with Crippen molar-refractivity contribution in [1.29, 1.82) is 0 Å². The summed E-state index contributed by atoms with van der Waals surface area (Å²) in [7, 11) is 4.94. The van der Waals surface area contributed by atoms with Crippen LogP contribution in [0.4, 0.5) is 13.2 Å². The zero-order valence-electron chi connectivity index (χ0n) is 15.6. The molecule has 5 nitrogen and oxygen atoms in total. The normalized spacial score (nSPS) is 11.9. The summed E-state index contributed by atoms with van der Waals surface area (Å²) in [5.74, 6) is 1.43. The van der Waals surface area contributed by atoms with Gasteiger partial charge in [0.15, 0.2) is 5.96 Å². The Morgan fingerprint density at radius 2 is 1.88 bits per heavy atom. The number of benzene rings is 1. The Hall–Kier alpha value is -1.23. The number of methoxy groups -OCH3 is 1. The molecule has 0 bridgehead atoms. The Morgan fingerprint density at radius 1 is 1.23 bits per heavy atom. The van der Waals surface area contributed by atoms with Gasteiger partial charge in [0.2, 0.25) is 0 Å². The first-order valence-electron chi connectivity index (χ1n) is 8.13. The summed E-state index contributed by atoms with van der Waals surface area (Å²) >= 11 is 0. The van der Waals surface area contributed by atoms with E-state index in [1.165, 1.54) is 11.9 Å². The number of hydrogen-bond acceptors (Lipinski definition) is 3. The Morgan fingerprint density at radius 3 is 2.46 bits per heavy atom. The van der Waals surface area contributed by atoms with Gasteiger partial charge in [-0.25, -0.2) is 0 Å². The quantitative estimate of drug-likeness (QED) is 0.347. The fraction of sp³-hybridized carbons (Fsp3) is 0.588. The molecule has 0 aliphatic rings. The van der Waals surface area contributed by atoms with Gasteiger partial charge >= 0.3 is 6.18 Å². The number of nitrogens with zero attached hydrogens (tertiary/aromatic N) is 3. The summed E-state index contributed by atoms with van der Waals surface area (Å²) in [6.07, 6.45) is -4.19. The molecule has 0 fully saturated rings. The standard InChI is InChI=1S/C17H27F3N4O.HI/c1-5-21-16(22-10-11-23(2)13-17(18,19)20)24(3)12-14-8-6-7-9-15(14)25-4;/h6-9H,5,10-13H2,1-4H3,(H,21,22);1H. The highest BCUT2D eigenvalue weighted by Gasteiger charge is 2.28. The smallest absolute Gasteiger partial charge is 0.401 e. The van der Waals surface area contributed by atoms with E-state index in [4.69, 9.17) is 4.74 Å². The van der Waals surface area contributed by atoms with Gasteiger partial charge in [0.1, 0.15) is 5.75 Å². The molecule has 0 aliphatic heterocycles. The SMILES string of the molecule is CCNC(=NCCN(C)CC(F)(F)F)N(C)Cc1ccccc1OC.I. The van der Waals surface area contributed by atoms with E-state index in [1.54, 1.807) is 7.11 Å². The largest absolute Gasteiger partial charge is 0.496 e. The Balaban J connectivity index is 0.00000625. The van der Waals surface area contributed by atoms with Crippen molar-refractivity contribution >= 4 is 29.9 Å². The van der Waals surface area contributed by atoms with Crippen LogP contribution < -0.4 is 10.1 Å². The monoisotopic (exact) mass is 488 g/mol. The lowest BCUT2D eigenvalue weighted by Gasteiger charge is -2.23. The molecule has 150 valence electrons. The van der Waals surface area contributed by atoms with Gasteiger partial charge in [0, 0.05) is 32.2 Å². The van der Waals surface area contributed by atoms with Crippen LogP contribution in [0, 0.1) is 0 Å². The van der Waals surface area contributed by atoms with Gasteiger partial charge in [-0.1, -0.05) is 18.2 Å². The zero-order valence-corrected chi connectivity index (χ0v) is 18.0. The van der Waals surface area contributed by atoms with Crippen LogP contribution in [0.25, 0.3) is 0 Å².